The van der Waals surface area contributed by atoms with Gasteiger partial charge in [0, 0.05) is 19.6 Å². The second kappa shape index (κ2) is 3.60. The van der Waals surface area contributed by atoms with Crippen LogP contribution in [0.5, 0.6) is 0 Å². The largest absolute Gasteiger partial charge is 0.349 e. The molecule has 0 atom stereocenters. The summed E-state index contributed by atoms with van der Waals surface area (Å²) in [5.41, 5.74) is 3.08. The fourth-order valence-corrected chi connectivity index (χ4v) is 3.29. The Morgan fingerprint density at radius 2 is 1.47 bits per heavy atom. The summed E-state index contributed by atoms with van der Waals surface area (Å²) in [6.07, 6.45) is 6.53. The molecule has 0 aromatic carbocycles. The average molecular weight is 210 g/mol. The minimum atomic E-state index is -0.417. The Hall–Kier alpha value is -0.340. The summed E-state index contributed by atoms with van der Waals surface area (Å²) in [5, 5.41) is 0. The van der Waals surface area contributed by atoms with Crippen LogP contribution in [-0.2, 0) is 9.47 Å². The van der Waals surface area contributed by atoms with Gasteiger partial charge in [-0.2, -0.15) is 0 Å². The predicted molar refractivity (Wildman–Crippen MR) is 60.6 cm³/mol. The molecule has 2 fully saturated rings. The van der Waals surface area contributed by atoms with Crippen LogP contribution in [-0.4, -0.2) is 20.0 Å². The molecular weight excluding hydrogens is 188 g/mol. The van der Waals surface area contributed by atoms with Crippen LogP contribution in [0.1, 0.15) is 46.0 Å². The van der Waals surface area contributed by atoms with Gasteiger partial charge in [-0.3, -0.25) is 0 Å². The molecule has 2 saturated carbocycles. The molecule has 2 rings (SSSR count). The van der Waals surface area contributed by atoms with Crippen LogP contribution in [0, 0.1) is 5.41 Å². The van der Waals surface area contributed by atoms with Crippen LogP contribution >= 0.6 is 0 Å². The monoisotopic (exact) mass is 210 g/mol. The SMILES string of the molecule is COC1(OC)C(=C2CCCCC2)C1(C)C. The molecule has 86 valence electrons. The highest BCUT2D eigenvalue weighted by Gasteiger charge is 2.70. The molecule has 15 heavy (non-hydrogen) atoms. The van der Waals surface area contributed by atoms with Crippen molar-refractivity contribution in [2.75, 3.05) is 14.2 Å². The van der Waals surface area contributed by atoms with Crippen molar-refractivity contribution >= 4 is 0 Å². The molecule has 0 bridgehead atoms. The second-order valence-electron chi connectivity index (χ2n) is 5.19. The first kappa shape index (κ1) is 11.2. The van der Waals surface area contributed by atoms with Gasteiger partial charge in [0.25, 0.3) is 0 Å². The topological polar surface area (TPSA) is 18.5 Å². The van der Waals surface area contributed by atoms with E-state index in [4.69, 9.17) is 9.47 Å². The van der Waals surface area contributed by atoms with Gasteiger partial charge in [0.15, 0.2) is 5.79 Å². The molecule has 0 heterocycles. The molecule has 0 unspecified atom stereocenters. The molecule has 0 saturated heterocycles. The number of ether oxygens (including phenoxy) is 2. The lowest BCUT2D eigenvalue weighted by molar-refractivity contribution is -0.145. The van der Waals surface area contributed by atoms with E-state index in [1.54, 1.807) is 19.8 Å². The first-order valence-electron chi connectivity index (χ1n) is 5.93. The van der Waals surface area contributed by atoms with Gasteiger partial charge < -0.3 is 9.47 Å². The zero-order valence-corrected chi connectivity index (χ0v) is 10.4. The summed E-state index contributed by atoms with van der Waals surface area (Å²) in [6.45, 7) is 4.44. The fraction of sp³-hybridized carbons (Fsp3) is 0.846. The van der Waals surface area contributed by atoms with Gasteiger partial charge in [-0.15, -0.1) is 0 Å². The molecule has 0 amide bonds. The first-order valence-corrected chi connectivity index (χ1v) is 5.93. The molecule has 2 aliphatic rings. The number of rotatable bonds is 2. The smallest absolute Gasteiger partial charge is 0.200 e. The van der Waals surface area contributed by atoms with Crippen LogP contribution in [0.2, 0.25) is 0 Å². The molecule has 0 aromatic heterocycles. The van der Waals surface area contributed by atoms with E-state index in [0.29, 0.717) is 0 Å². The third-order valence-corrected chi connectivity index (χ3v) is 4.10. The summed E-state index contributed by atoms with van der Waals surface area (Å²) in [5.74, 6) is -0.417. The van der Waals surface area contributed by atoms with E-state index in [-0.39, 0.29) is 5.41 Å². The van der Waals surface area contributed by atoms with Crippen LogP contribution in [0.25, 0.3) is 0 Å². The Bertz CT molecular complexity index is 277. The summed E-state index contributed by atoms with van der Waals surface area (Å²) < 4.78 is 11.2. The third kappa shape index (κ3) is 1.38. The van der Waals surface area contributed by atoms with E-state index in [9.17, 15) is 0 Å². The maximum absolute atomic E-state index is 5.60. The molecule has 0 N–H and O–H groups in total. The standard InChI is InChI=1S/C13H22O2/c1-12(2)11(13(12,14-3)15-4)10-8-6-5-7-9-10/h5-9H2,1-4H3. The third-order valence-electron chi connectivity index (χ3n) is 4.10. The van der Waals surface area contributed by atoms with Crippen molar-refractivity contribution in [2.24, 2.45) is 5.41 Å². The highest BCUT2D eigenvalue weighted by molar-refractivity contribution is 5.48. The number of methoxy groups -OCH3 is 2. The fourth-order valence-electron chi connectivity index (χ4n) is 3.29. The summed E-state index contributed by atoms with van der Waals surface area (Å²) in [4.78, 5) is 0. The Kier molecular flexibility index (Phi) is 2.68. The van der Waals surface area contributed by atoms with E-state index >= 15 is 0 Å². The quantitative estimate of drug-likeness (QED) is 0.514. The summed E-state index contributed by atoms with van der Waals surface area (Å²) in [7, 11) is 3.50. The number of hydrogen-bond acceptors (Lipinski definition) is 2. The van der Waals surface area contributed by atoms with E-state index in [1.807, 2.05) is 0 Å². The van der Waals surface area contributed by atoms with Gasteiger partial charge in [0.2, 0.25) is 0 Å². The molecule has 0 radical (unpaired) electrons. The summed E-state index contributed by atoms with van der Waals surface area (Å²) >= 11 is 0. The van der Waals surface area contributed by atoms with Gasteiger partial charge in [0.05, 0.1) is 0 Å². The van der Waals surface area contributed by atoms with Gasteiger partial charge in [-0.25, -0.2) is 0 Å². The minimum Gasteiger partial charge on any atom is -0.349 e. The molecule has 0 aliphatic heterocycles. The molecule has 2 nitrogen and oxygen atoms in total. The van der Waals surface area contributed by atoms with Crippen molar-refractivity contribution in [1.29, 1.82) is 0 Å². The van der Waals surface area contributed by atoms with Crippen LogP contribution in [0.3, 0.4) is 0 Å². The molecule has 0 aromatic rings. The minimum absolute atomic E-state index is 0.0726. The molecule has 2 aliphatic carbocycles. The van der Waals surface area contributed by atoms with Crippen molar-refractivity contribution < 1.29 is 9.47 Å². The Balaban J connectivity index is 2.30. The first-order chi connectivity index (χ1) is 7.10. The zero-order chi connectivity index (χ0) is 11.1. The van der Waals surface area contributed by atoms with Crippen LogP contribution in [0.4, 0.5) is 0 Å². The van der Waals surface area contributed by atoms with E-state index < -0.39 is 5.79 Å². The highest BCUT2D eigenvalue weighted by atomic mass is 16.7. The average Bonchev–Trinajstić information content (AvgIpc) is 2.76. The normalized spacial score (nSPS) is 28.0. The Morgan fingerprint density at radius 3 is 1.87 bits per heavy atom. The van der Waals surface area contributed by atoms with Gasteiger partial charge in [-0.05, 0) is 31.3 Å². The van der Waals surface area contributed by atoms with Crippen molar-refractivity contribution in [3.63, 3.8) is 0 Å². The van der Waals surface area contributed by atoms with Crippen molar-refractivity contribution in [3.8, 4) is 0 Å². The molecule has 0 spiro atoms. The predicted octanol–water partition coefficient (Wildman–Crippen LogP) is 3.28. The van der Waals surface area contributed by atoms with Gasteiger partial charge >= 0.3 is 0 Å². The van der Waals surface area contributed by atoms with Crippen molar-refractivity contribution in [1.82, 2.24) is 0 Å². The van der Waals surface area contributed by atoms with E-state index in [2.05, 4.69) is 13.8 Å². The lowest BCUT2D eigenvalue weighted by Crippen LogP contribution is -2.21. The van der Waals surface area contributed by atoms with Gasteiger partial charge in [0.1, 0.15) is 0 Å². The van der Waals surface area contributed by atoms with Crippen molar-refractivity contribution in [3.05, 3.63) is 11.1 Å². The van der Waals surface area contributed by atoms with Crippen LogP contribution in [0.15, 0.2) is 11.1 Å². The van der Waals surface area contributed by atoms with E-state index in [1.165, 1.54) is 37.7 Å². The lowest BCUT2D eigenvalue weighted by atomic mass is 9.93. The Morgan fingerprint density at radius 1 is 0.933 bits per heavy atom. The van der Waals surface area contributed by atoms with Gasteiger partial charge in [-0.1, -0.05) is 25.8 Å². The maximum atomic E-state index is 5.60. The maximum Gasteiger partial charge on any atom is 0.200 e. The van der Waals surface area contributed by atoms with Crippen molar-refractivity contribution in [2.45, 2.75) is 51.7 Å². The zero-order valence-electron chi connectivity index (χ0n) is 10.4. The number of allylic oxidation sites excluding steroid dienone is 1. The Labute approximate surface area is 92.6 Å². The molecule has 2 heteroatoms. The molecular formula is C13H22O2. The second-order valence-corrected chi connectivity index (χ2v) is 5.19. The lowest BCUT2D eigenvalue weighted by Gasteiger charge is -2.16. The number of hydrogen-bond donors (Lipinski definition) is 0. The van der Waals surface area contributed by atoms with Crippen LogP contribution < -0.4 is 0 Å². The highest BCUT2D eigenvalue weighted by Crippen LogP contribution is 2.66. The summed E-state index contributed by atoms with van der Waals surface area (Å²) in [6, 6.07) is 0. The van der Waals surface area contributed by atoms with E-state index in [0.717, 1.165) is 0 Å².